The number of piperazine rings is 1. The van der Waals surface area contributed by atoms with E-state index < -0.39 is 0 Å². The lowest BCUT2D eigenvalue weighted by Gasteiger charge is -2.34. The highest BCUT2D eigenvalue weighted by atomic mass is 16.5. The highest BCUT2D eigenvalue weighted by Crippen LogP contribution is 2.20. The second-order valence-corrected chi connectivity index (χ2v) is 8.15. The van der Waals surface area contributed by atoms with E-state index in [1.54, 1.807) is 0 Å². The first kappa shape index (κ1) is 18.7. The van der Waals surface area contributed by atoms with Gasteiger partial charge in [-0.15, -0.1) is 0 Å². The van der Waals surface area contributed by atoms with Crippen molar-refractivity contribution < 1.29 is 14.3 Å². The number of nitrogens with zero attached hydrogens (tertiary/aromatic N) is 2. The summed E-state index contributed by atoms with van der Waals surface area (Å²) in [7, 11) is 0. The van der Waals surface area contributed by atoms with Crippen molar-refractivity contribution in [3.8, 4) is 5.75 Å². The molecule has 0 aromatic heterocycles. The van der Waals surface area contributed by atoms with E-state index >= 15 is 0 Å². The lowest BCUT2D eigenvalue weighted by molar-refractivity contribution is -0.122. The largest absolute Gasteiger partial charge is 0.488 e. The molecule has 6 nitrogen and oxygen atoms in total. The first-order chi connectivity index (χ1) is 12.3. The molecular formula is C20H29N3O3. The van der Waals surface area contributed by atoms with Crippen molar-refractivity contribution in [3.63, 3.8) is 0 Å². The van der Waals surface area contributed by atoms with Gasteiger partial charge in [0.1, 0.15) is 11.4 Å². The van der Waals surface area contributed by atoms with Gasteiger partial charge in [-0.2, -0.15) is 0 Å². The van der Waals surface area contributed by atoms with Crippen LogP contribution < -0.4 is 10.1 Å². The van der Waals surface area contributed by atoms with Crippen LogP contribution in [0.4, 0.5) is 0 Å². The summed E-state index contributed by atoms with van der Waals surface area (Å²) in [6.45, 7) is 9.18. The molecule has 0 bridgehead atoms. The zero-order valence-corrected chi connectivity index (χ0v) is 16.0. The van der Waals surface area contributed by atoms with Crippen molar-refractivity contribution in [2.45, 2.75) is 45.3 Å². The highest BCUT2D eigenvalue weighted by Gasteiger charge is 2.26. The Labute approximate surface area is 155 Å². The maximum absolute atomic E-state index is 12.7. The average Bonchev–Trinajstić information content (AvgIpc) is 3.38. The third-order valence-electron chi connectivity index (χ3n) is 4.49. The summed E-state index contributed by atoms with van der Waals surface area (Å²) in [5.74, 6) is 0.900. The summed E-state index contributed by atoms with van der Waals surface area (Å²) in [6, 6.07) is 7.72. The number of hydrogen-bond acceptors (Lipinski definition) is 4. The van der Waals surface area contributed by atoms with Crippen LogP contribution in [-0.4, -0.2) is 66.0 Å². The van der Waals surface area contributed by atoms with Gasteiger partial charge in [0.25, 0.3) is 5.91 Å². The summed E-state index contributed by atoms with van der Waals surface area (Å²) >= 11 is 0. The summed E-state index contributed by atoms with van der Waals surface area (Å²) < 4.78 is 5.80. The molecule has 1 heterocycles. The molecule has 2 aliphatic rings. The fourth-order valence-corrected chi connectivity index (χ4v) is 3.01. The van der Waals surface area contributed by atoms with Crippen LogP contribution in [0.5, 0.6) is 5.75 Å². The van der Waals surface area contributed by atoms with Gasteiger partial charge in [0.2, 0.25) is 5.91 Å². The molecule has 0 unspecified atom stereocenters. The molecule has 142 valence electrons. The zero-order chi connectivity index (χ0) is 18.7. The standard InChI is InChI=1S/C20H29N3O3/c1-20(2,3)26-17-8-4-15(5-9-17)19(25)23-12-10-22(11-13-23)14-18(24)21-16-6-7-16/h4-5,8-9,16H,6-7,10-14H2,1-3H3,(H,21,24). The van der Waals surface area contributed by atoms with E-state index in [9.17, 15) is 9.59 Å². The number of nitrogens with one attached hydrogen (secondary N) is 1. The molecule has 3 rings (SSSR count). The van der Waals surface area contributed by atoms with E-state index in [1.807, 2.05) is 49.9 Å². The van der Waals surface area contributed by atoms with Crippen LogP contribution in [0.2, 0.25) is 0 Å². The number of benzene rings is 1. The van der Waals surface area contributed by atoms with Crippen LogP contribution in [0.1, 0.15) is 44.0 Å². The molecule has 2 amide bonds. The van der Waals surface area contributed by atoms with E-state index in [1.165, 1.54) is 0 Å². The average molecular weight is 359 g/mol. The smallest absolute Gasteiger partial charge is 0.253 e. The molecule has 0 atom stereocenters. The van der Waals surface area contributed by atoms with Crippen molar-refractivity contribution >= 4 is 11.8 Å². The van der Waals surface area contributed by atoms with Gasteiger partial charge >= 0.3 is 0 Å². The van der Waals surface area contributed by atoms with Crippen molar-refractivity contribution in [3.05, 3.63) is 29.8 Å². The van der Waals surface area contributed by atoms with Gasteiger partial charge in [0.15, 0.2) is 0 Å². The highest BCUT2D eigenvalue weighted by molar-refractivity contribution is 5.94. The number of carbonyl (C=O) groups excluding carboxylic acids is 2. The molecule has 1 aliphatic heterocycles. The third kappa shape index (κ3) is 5.46. The van der Waals surface area contributed by atoms with E-state index in [0.29, 0.717) is 31.2 Å². The second-order valence-electron chi connectivity index (χ2n) is 8.15. The zero-order valence-electron chi connectivity index (χ0n) is 16.0. The first-order valence-electron chi connectivity index (χ1n) is 9.40. The Morgan fingerprint density at radius 2 is 1.69 bits per heavy atom. The van der Waals surface area contributed by atoms with E-state index in [2.05, 4.69) is 10.2 Å². The van der Waals surface area contributed by atoms with E-state index in [4.69, 9.17) is 4.74 Å². The predicted molar refractivity (Wildman–Crippen MR) is 100 cm³/mol. The molecule has 1 N–H and O–H groups in total. The van der Waals surface area contributed by atoms with Crippen LogP contribution in [0, 0.1) is 0 Å². The lowest BCUT2D eigenvalue weighted by atomic mass is 10.1. The summed E-state index contributed by atoms with van der Waals surface area (Å²) in [5, 5.41) is 3.01. The molecule has 1 saturated heterocycles. The van der Waals surface area contributed by atoms with Gasteiger partial charge in [-0.05, 0) is 57.9 Å². The summed E-state index contributed by atoms with van der Waals surface area (Å²) in [5.41, 5.74) is 0.416. The number of rotatable bonds is 5. The molecule has 1 aromatic carbocycles. The Bertz CT molecular complexity index is 639. The minimum Gasteiger partial charge on any atom is -0.488 e. The third-order valence-corrected chi connectivity index (χ3v) is 4.49. The Balaban J connectivity index is 1.47. The normalized spacial score (nSPS) is 18.5. The van der Waals surface area contributed by atoms with Crippen molar-refractivity contribution in [2.24, 2.45) is 0 Å². The fraction of sp³-hybridized carbons (Fsp3) is 0.600. The molecule has 26 heavy (non-hydrogen) atoms. The second kappa shape index (κ2) is 7.66. The molecule has 2 fully saturated rings. The van der Waals surface area contributed by atoms with Gasteiger partial charge in [-0.1, -0.05) is 0 Å². The first-order valence-corrected chi connectivity index (χ1v) is 9.40. The molecule has 0 radical (unpaired) electrons. The monoisotopic (exact) mass is 359 g/mol. The predicted octanol–water partition coefficient (Wildman–Crippen LogP) is 1.90. The Morgan fingerprint density at radius 3 is 2.23 bits per heavy atom. The van der Waals surface area contributed by atoms with Gasteiger partial charge in [0.05, 0.1) is 6.54 Å². The van der Waals surface area contributed by atoms with Crippen LogP contribution in [0.25, 0.3) is 0 Å². The summed E-state index contributed by atoms with van der Waals surface area (Å²) in [4.78, 5) is 28.5. The lowest BCUT2D eigenvalue weighted by Crippen LogP contribution is -2.51. The molecule has 1 aromatic rings. The molecule has 1 saturated carbocycles. The fourth-order valence-electron chi connectivity index (χ4n) is 3.01. The summed E-state index contributed by atoms with van der Waals surface area (Å²) in [6.07, 6.45) is 2.21. The van der Waals surface area contributed by atoms with E-state index in [-0.39, 0.29) is 17.4 Å². The quantitative estimate of drug-likeness (QED) is 0.872. The Morgan fingerprint density at radius 1 is 1.08 bits per heavy atom. The molecule has 0 spiro atoms. The van der Waals surface area contributed by atoms with Crippen LogP contribution in [0.15, 0.2) is 24.3 Å². The minimum atomic E-state index is -0.256. The van der Waals surface area contributed by atoms with Crippen LogP contribution >= 0.6 is 0 Å². The van der Waals surface area contributed by atoms with Crippen molar-refractivity contribution in [1.29, 1.82) is 0 Å². The topological polar surface area (TPSA) is 61.9 Å². The molecular weight excluding hydrogens is 330 g/mol. The molecule has 1 aliphatic carbocycles. The van der Waals surface area contributed by atoms with E-state index in [0.717, 1.165) is 31.7 Å². The van der Waals surface area contributed by atoms with Crippen molar-refractivity contribution in [1.82, 2.24) is 15.1 Å². The Hall–Kier alpha value is -2.08. The van der Waals surface area contributed by atoms with Crippen LogP contribution in [-0.2, 0) is 4.79 Å². The van der Waals surface area contributed by atoms with Gasteiger partial charge in [0, 0.05) is 37.8 Å². The van der Waals surface area contributed by atoms with Gasteiger partial charge in [-0.25, -0.2) is 0 Å². The SMILES string of the molecule is CC(C)(C)Oc1ccc(C(=O)N2CCN(CC(=O)NC3CC3)CC2)cc1. The van der Waals surface area contributed by atoms with Crippen molar-refractivity contribution in [2.75, 3.05) is 32.7 Å². The maximum atomic E-state index is 12.7. The Kier molecular flexibility index (Phi) is 5.51. The van der Waals surface area contributed by atoms with Crippen LogP contribution in [0.3, 0.4) is 0 Å². The molecule has 6 heteroatoms. The van der Waals surface area contributed by atoms with Gasteiger partial charge in [-0.3, -0.25) is 14.5 Å². The van der Waals surface area contributed by atoms with Gasteiger partial charge < -0.3 is 15.0 Å². The minimum absolute atomic E-state index is 0.0365. The number of carbonyl (C=O) groups is 2. The number of hydrogen-bond donors (Lipinski definition) is 1. The number of amides is 2. The number of ether oxygens (including phenoxy) is 1. The maximum Gasteiger partial charge on any atom is 0.253 e.